The van der Waals surface area contributed by atoms with Crippen LogP contribution < -0.4 is 0 Å². The van der Waals surface area contributed by atoms with Gasteiger partial charge < -0.3 is 13.9 Å². The molecule has 2 heterocycles. The molecule has 0 spiro atoms. The Kier molecular flexibility index (Phi) is 3.01. The molecule has 0 atom stereocenters. The van der Waals surface area contributed by atoms with Crippen LogP contribution in [0.25, 0.3) is 17.5 Å². The number of hydrogen-bond acceptors (Lipinski definition) is 5. The Morgan fingerprint density at radius 3 is 2.44 bits per heavy atom. The van der Waals surface area contributed by atoms with Gasteiger partial charge in [-0.25, -0.2) is 4.79 Å². The van der Waals surface area contributed by atoms with Gasteiger partial charge in [-0.1, -0.05) is 0 Å². The molecule has 2 aromatic rings. The van der Waals surface area contributed by atoms with Gasteiger partial charge in [-0.2, -0.15) is 0 Å². The summed E-state index contributed by atoms with van der Waals surface area (Å²) in [6, 6.07) is 0. The van der Waals surface area contributed by atoms with Gasteiger partial charge in [0, 0.05) is 17.7 Å². The third-order valence-electron chi connectivity index (χ3n) is 2.58. The van der Waals surface area contributed by atoms with Gasteiger partial charge in [0.2, 0.25) is 5.89 Å². The van der Waals surface area contributed by atoms with Crippen LogP contribution in [0.1, 0.15) is 23.0 Å². The highest BCUT2D eigenvalue weighted by Gasteiger charge is 2.18. The highest BCUT2D eigenvalue weighted by Crippen LogP contribution is 2.30. The monoisotopic (exact) mass is 248 g/mol. The molecule has 0 amide bonds. The van der Waals surface area contributed by atoms with Crippen molar-refractivity contribution in [2.24, 2.45) is 0 Å². The third-order valence-corrected chi connectivity index (χ3v) is 2.58. The van der Waals surface area contributed by atoms with E-state index in [1.54, 1.807) is 0 Å². The average Bonchev–Trinajstić information content (AvgIpc) is 2.83. The van der Waals surface area contributed by atoms with E-state index in [1.165, 1.54) is 6.08 Å². The molecule has 2 rings (SSSR count). The Hall–Kier alpha value is -2.37. The number of aryl methyl sites for hydroxylation is 2. The van der Waals surface area contributed by atoms with E-state index in [4.69, 9.17) is 13.9 Å². The van der Waals surface area contributed by atoms with Crippen LogP contribution in [-0.4, -0.2) is 21.3 Å². The molecule has 0 radical (unpaired) electrons. The zero-order valence-electron chi connectivity index (χ0n) is 10.2. The predicted molar refractivity (Wildman–Crippen MR) is 62.9 cm³/mol. The second-order valence-electron chi connectivity index (χ2n) is 3.83. The van der Waals surface area contributed by atoms with Crippen molar-refractivity contribution < 1.29 is 18.7 Å². The zero-order chi connectivity index (χ0) is 13.3. The molecule has 1 N–H and O–H groups in total. The first-order chi connectivity index (χ1) is 8.49. The normalized spacial score (nSPS) is 11.3. The Bertz CT molecular complexity index is 622. The van der Waals surface area contributed by atoms with Gasteiger partial charge in [0.15, 0.2) is 0 Å². The lowest BCUT2D eigenvalue weighted by Gasteiger charge is -1.92. The van der Waals surface area contributed by atoms with Crippen molar-refractivity contribution in [1.29, 1.82) is 0 Å². The Morgan fingerprint density at radius 1 is 1.17 bits per heavy atom. The molecule has 0 saturated heterocycles. The summed E-state index contributed by atoms with van der Waals surface area (Å²) in [4.78, 5) is 10.4. The minimum absolute atomic E-state index is 0.144. The number of aliphatic carboxylic acids is 1. The molecule has 0 unspecified atom stereocenters. The summed E-state index contributed by atoms with van der Waals surface area (Å²) in [6.45, 7) is 5.57. The Balaban J connectivity index is 2.38. The van der Waals surface area contributed by atoms with Gasteiger partial charge in [0.05, 0.1) is 5.56 Å². The number of hydrogen-bond donors (Lipinski definition) is 1. The first-order valence-electron chi connectivity index (χ1n) is 5.30. The maximum Gasteiger partial charge on any atom is 0.328 e. The summed E-state index contributed by atoms with van der Waals surface area (Å²) in [5.74, 6) is 0.893. The number of furan rings is 1. The van der Waals surface area contributed by atoms with E-state index in [9.17, 15) is 4.79 Å². The van der Waals surface area contributed by atoms with Crippen molar-refractivity contribution in [1.82, 2.24) is 10.2 Å². The summed E-state index contributed by atoms with van der Waals surface area (Å²) in [6.07, 6.45) is 2.19. The number of carboxylic acids is 1. The number of carbonyl (C=O) groups is 1. The molecule has 0 aliphatic heterocycles. The third kappa shape index (κ3) is 2.17. The van der Waals surface area contributed by atoms with Gasteiger partial charge in [-0.15, -0.1) is 10.2 Å². The lowest BCUT2D eigenvalue weighted by molar-refractivity contribution is -0.131. The molecule has 0 aliphatic rings. The second-order valence-corrected chi connectivity index (χ2v) is 3.83. The maximum absolute atomic E-state index is 10.4. The summed E-state index contributed by atoms with van der Waals surface area (Å²) in [5.41, 5.74) is 1.69. The summed E-state index contributed by atoms with van der Waals surface area (Å²) >= 11 is 0. The number of aromatic nitrogens is 2. The van der Waals surface area contributed by atoms with Gasteiger partial charge >= 0.3 is 5.97 Å². The summed E-state index contributed by atoms with van der Waals surface area (Å²) in [7, 11) is 0. The fraction of sp³-hybridized carbons (Fsp3) is 0.250. The zero-order valence-corrected chi connectivity index (χ0v) is 10.2. The van der Waals surface area contributed by atoms with E-state index < -0.39 is 5.97 Å². The van der Waals surface area contributed by atoms with E-state index in [1.807, 2.05) is 20.8 Å². The number of rotatable bonds is 3. The molecule has 6 nitrogen and oxygen atoms in total. The van der Waals surface area contributed by atoms with Crippen LogP contribution >= 0.6 is 0 Å². The molecule has 0 fully saturated rings. The molecule has 0 aromatic carbocycles. The topological polar surface area (TPSA) is 89.4 Å². The summed E-state index contributed by atoms with van der Waals surface area (Å²) < 4.78 is 10.8. The van der Waals surface area contributed by atoms with E-state index in [2.05, 4.69) is 10.2 Å². The van der Waals surface area contributed by atoms with Crippen LogP contribution in [0.5, 0.6) is 0 Å². The first kappa shape index (κ1) is 12.1. The largest absolute Gasteiger partial charge is 0.478 e. The van der Waals surface area contributed by atoms with Crippen LogP contribution in [0, 0.1) is 20.8 Å². The quantitative estimate of drug-likeness (QED) is 0.838. The van der Waals surface area contributed by atoms with Gasteiger partial charge in [0.1, 0.15) is 11.5 Å². The minimum Gasteiger partial charge on any atom is -0.478 e. The van der Waals surface area contributed by atoms with Crippen LogP contribution in [0.15, 0.2) is 14.9 Å². The lowest BCUT2D eigenvalue weighted by Crippen LogP contribution is -1.85. The van der Waals surface area contributed by atoms with Crippen LogP contribution in [0.2, 0.25) is 0 Å². The number of carboxylic acid groups (broad SMARTS) is 1. The van der Waals surface area contributed by atoms with Crippen LogP contribution in [-0.2, 0) is 4.79 Å². The maximum atomic E-state index is 10.4. The smallest absolute Gasteiger partial charge is 0.328 e. The van der Waals surface area contributed by atoms with Gasteiger partial charge in [-0.3, -0.25) is 0 Å². The molecule has 0 aliphatic carbocycles. The molecule has 94 valence electrons. The van der Waals surface area contributed by atoms with Crippen molar-refractivity contribution >= 4 is 12.0 Å². The predicted octanol–water partition coefficient (Wildman–Crippen LogP) is 2.35. The molecule has 2 aromatic heterocycles. The average molecular weight is 248 g/mol. The fourth-order valence-electron chi connectivity index (χ4n) is 1.65. The Labute approximate surface area is 103 Å². The van der Waals surface area contributed by atoms with Crippen LogP contribution in [0.4, 0.5) is 0 Å². The first-order valence-corrected chi connectivity index (χ1v) is 5.30. The lowest BCUT2D eigenvalue weighted by atomic mass is 10.1. The van der Waals surface area contributed by atoms with E-state index in [0.29, 0.717) is 11.7 Å². The fourth-order valence-corrected chi connectivity index (χ4v) is 1.65. The number of nitrogens with zero attached hydrogens (tertiary/aromatic N) is 2. The van der Waals surface area contributed by atoms with Crippen LogP contribution in [0.3, 0.4) is 0 Å². The van der Waals surface area contributed by atoms with Crippen molar-refractivity contribution in [2.75, 3.05) is 0 Å². The highest BCUT2D eigenvalue weighted by atomic mass is 16.4. The van der Waals surface area contributed by atoms with E-state index >= 15 is 0 Å². The molecule has 6 heteroatoms. The standard InChI is InChI=1S/C12H12N2O4/c1-6-7(2)17-8(3)11(6)12-14-13-9(18-12)4-5-10(15)16/h4-5H,1-3H3,(H,15,16)/b5-4+. The molecule has 18 heavy (non-hydrogen) atoms. The summed E-state index contributed by atoms with van der Waals surface area (Å²) in [5, 5.41) is 16.1. The second kappa shape index (κ2) is 4.48. The minimum atomic E-state index is -1.07. The molecule has 0 saturated carbocycles. The van der Waals surface area contributed by atoms with Crippen molar-refractivity contribution in [2.45, 2.75) is 20.8 Å². The molecular weight excluding hydrogens is 236 g/mol. The van der Waals surface area contributed by atoms with E-state index in [0.717, 1.165) is 23.0 Å². The SMILES string of the molecule is Cc1oc(C)c(-c2nnc(/C=C/C(=O)O)o2)c1C. The Morgan fingerprint density at radius 2 is 1.89 bits per heavy atom. The van der Waals surface area contributed by atoms with E-state index in [-0.39, 0.29) is 5.89 Å². The van der Waals surface area contributed by atoms with Crippen molar-refractivity contribution in [3.63, 3.8) is 0 Å². The van der Waals surface area contributed by atoms with Crippen molar-refractivity contribution in [3.05, 3.63) is 29.1 Å². The molecular formula is C12H12N2O4. The molecule has 0 bridgehead atoms. The highest BCUT2D eigenvalue weighted by molar-refractivity contribution is 5.84. The van der Waals surface area contributed by atoms with Gasteiger partial charge in [0.25, 0.3) is 5.89 Å². The van der Waals surface area contributed by atoms with Crippen molar-refractivity contribution in [3.8, 4) is 11.5 Å². The van der Waals surface area contributed by atoms with Gasteiger partial charge in [-0.05, 0) is 20.8 Å².